The van der Waals surface area contributed by atoms with Crippen LogP contribution >= 0.6 is 0 Å². The molecule has 2 rings (SSSR count). The summed E-state index contributed by atoms with van der Waals surface area (Å²) in [5.41, 5.74) is 1.47. The standard InChI is InChI=1S/C13H16N2O2/c1-13(2,16)12-10(7-9-17-3)11-6-4-5-8-15(11)14-12/h4-9,16H,1-3H3/b9-7+. The van der Waals surface area contributed by atoms with Crippen LogP contribution in [0, 0.1) is 0 Å². The smallest absolute Gasteiger partial charge is 0.103 e. The minimum atomic E-state index is -0.987. The molecule has 0 fully saturated rings. The SMILES string of the molecule is CO/C=C/c1c(C(C)(C)O)nn2ccccc12. The number of nitrogens with zero attached hydrogens (tertiary/aromatic N) is 2. The van der Waals surface area contributed by atoms with Crippen molar-refractivity contribution in [1.29, 1.82) is 0 Å². The van der Waals surface area contributed by atoms with Gasteiger partial charge >= 0.3 is 0 Å². The lowest BCUT2D eigenvalue weighted by Gasteiger charge is -2.14. The topological polar surface area (TPSA) is 46.8 Å². The van der Waals surface area contributed by atoms with Gasteiger partial charge in [0.15, 0.2) is 0 Å². The molecule has 0 atom stereocenters. The van der Waals surface area contributed by atoms with Gasteiger partial charge in [0, 0.05) is 11.8 Å². The van der Waals surface area contributed by atoms with Crippen molar-refractivity contribution in [1.82, 2.24) is 9.61 Å². The molecule has 0 spiro atoms. The number of pyridine rings is 1. The Morgan fingerprint density at radius 1 is 1.41 bits per heavy atom. The fourth-order valence-corrected chi connectivity index (χ4v) is 1.77. The number of ether oxygens (including phenoxy) is 1. The monoisotopic (exact) mass is 232 g/mol. The molecule has 1 N–H and O–H groups in total. The minimum absolute atomic E-state index is 0.636. The maximum Gasteiger partial charge on any atom is 0.103 e. The van der Waals surface area contributed by atoms with Crippen molar-refractivity contribution < 1.29 is 9.84 Å². The summed E-state index contributed by atoms with van der Waals surface area (Å²) in [7, 11) is 1.59. The number of rotatable bonds is 3. The van der Waals surface area contributed by atoms with Gasteiger partial charge in [-0.25, -0.2) is 4.52 Å². The van der Waals surface area contributed by atoms with Crippen molar-refractivity contribution in [2.24, 2.45) is 0 Å². The molecule has 17 heavy (non-hydrogen) atoms. The largest absolute Gasteiger partial charge is 0.504 e. The Morgan fingerprint density at radius 2 is 2.18 bits per heavy atom. The number of methoxy groups -OCH3 is 1. The van der Waals surface area contributed by atoms with E-state index in [0.29, 0.717) is 5.69 Å². The summed E-state index contributed by atoms with van der Waals surface area (Å²) in [6.45, 7) is 3.44. The second-order valence-electron chi connectivity index (χ2n) is 4.39. The normalized spacial score (nSPS) is 12.5. The third-order valence-corrected chi connectivity index (χ3v) is 2.53. The fourth-order valence-electron chi connectivity index (χ4n) is 1.77. The van der Waals surface area contributed by atoms with Gasteiger partial charge in [0.05, 0.1) is 18.9 Å². The number of aliphatic hydroxyl groups is 1. The van der Waals surface area contributed by atoms with Crippen LogP contribution in [0.3, 0.4) is 0 Å². The Labute approximate surface area is 100 Å². The van der Waals surface area contributed by atoms with Gasteiger partial charge in [0.25, 0.3) is 0 Å². The number of hydrogen-bond acceptors (Lipinski definition) is 3. The zero-order valence-corrected chi connectivity index (χ0v) is 10.2. The van der Waals surface area contributed by atoms with Gasteiger partial charge in [0.2, 0.25) is 0 Å². The molecule has 2 aromatic rings. The molecule has 90 valence electrons. The highest BCUT2D eigenvalue weighted by Gasteiger charge is 2.24. The zero-order valence-electron chi connectivity index (χ0n) is 10.2. The molecule has 2 aromatic heterocycles. The maximum atomic E-state index is 10.1. The second-order valence-corrected chi connectivity index (χ2v) is 4.39. The lowest BCUT2D eigenvalue weighted by Crippen LogP contribution is -2.17. The van der Waals surface area contributed by atoms with Gasteiger partial charge in [-0.1, -0.05) is 6.07 Å². The van der Waals surface area contributed by atoms with Crippen LogP contribution < -0.4 is 0 Å². The average molecular weight is 232 g/mol. The molecule has 0 aliphatic carbocycles. The Bertz CT molecular complexity index is 550. The average Bonchev–Trinajstić information content (AvgIpc) is 2.65. The van der Waals surface area contributed by atoms with E-state index >= 15 is 0 Å². The van der Waals surface area contributed by atoms with Crippen molar-refractivity contribution in [3.8, 4) is 0 Å². The molecule has 0 bridgehead atoms. The summed E-state index contributed by atoms with van der Waals surface area (Å²) in [6.07, 6.45) is 5.25. The van der Waals surface area contributed by atoms with Crippen LogP contribution in [-0.2, 0) is 10.3 Å². The summed E-state index contributed by atoms with van der Waals surface area (Å²) in [5.74, 6) is 0. The zero-order chi connectivity index (χ0) is 12.5. The van der Waals surface area contributed by atoms with Crippen LogP contribution in [0.1, 0.15) is 25.1 Å². The van der Waals surface area contributed by atoms with Gasteiger partial charge in [-0.3, -0.25) is 0 Å². The third-order valence-electron chi connectivity index (χ3n) is 2.53. The van der Waals surface area contributed by atoms with E-state index in [4.69, 9.17) is 4.74 Å². The van der Waals surface area contributed by atoms with Gasteiger partial charge in [-0.15, -0.1) is 0 Å². The van der Waals surface area contributed by atoms with Crippen molar-refractivity contribution >= 4 is 11.6 Å². The van der Waals surface area contributed by atoms with E-state index in [2.05, 4.69) is 5.10 Å². The molecule has 0 amide bonds. The first-order valence-electron chi connectivity index (χ1n) is 5.43. The highest BCUT2D eigenvalue weighted by molar-refractivity contribution is 5.71. The molecular weight excluding hydrogens is 216 g/mol. The quantitative estimate of drug-likeness (QED) is 0.825. The summed E-state index contributed by atoms with van der Waals surface area (Å²) in [6, 6.07) is 5.80. The molecule has 0 radical (unpaired) electrons. The van der Waals surface area contributed by atoms with E-state index in [1.807, 2.05) is 30.5 Å². The second kappa shape index (κ2) is 4.22. The molecule has 0 unspecified atom stereocenters. The van der Waals surface area contributed by atoms with Crippen molar-refractivity contribution in [2.75, 3.05) is 7.11 Å². The highest BCUT2D eigenvalue weighted by atomic mass is 16.5. The molecule has 0 aliphatic rings. The molecule has 0 aliphatic heterocycles. The van der Waals surface area contributed by atoms with Gasteiger partial charge in [-0.05, 0) is 32.1 Å². The van der Waals surface area contributed by atoms with E-state index in [9.17, 15) is 5.11 Å². The first kappa shape index (κ1) is 11.7. The Hall–Kier alpha value is -1.81. The number of hydrogen-bond donors (Lipinski definition) is 1. The van der Waals surface area contributed by atoms with Crippen molar-refractivity contribution in [3.63, 3.8) is 0 Å². The first-order valence-corrected chi connectivity index (χ1v) is 5.43. The van der Waals surface area contributed by atoms with Crippen molar-refractivity contribution in [3.05, 3.63) is 41.9 Å². The van der Waals surface area contributed by atoms with Crippen LogP contribution in [0.2, 0.25) is 0 Å². The van der Waals surface area contributed by atoms with Crippen LogP contribution in [-0.4, -0.2) is 21.8 Å². The van der Waals surface area contributed by atoms with Gasteiger partial charge < -0.3 is 9.84 Å². The summed E-state index contributed by atoms with van der Waals surface area (Å²) in [5, 5.41) is 14.5. The lowest BCUT2D eigenvalue weighted by atomic mass is 10.0. The van der Waals surface area contributed by atoms with Crippen LogP contribution in [0.25, 0.3) is 11.6 Å². The predicted octanol–water partition coefficient (Wildman–Crippen LogP) is 2.18. The maximum absolute atomic E-state index is 10.1. The lowest BCUT2D eigenvalue weighted by molar-refractivity contribution is 0.0733. The van der Waals surface area contributed by atoms with Crippen LogP contribution in [0.15, 0.2) is 30.7 Å². The molecule has 4 heteroatoms. The molecule has 2 heterocycles. The van der Waals surface area contributed by atoms with E-state index in [1.54, 1.807) is 31.7 Å². The highest BCUT2D eigenvalue weighted by Crippen LogP contribution is 2.26. The van der Waals surface area contributed by atoms with Gasteiger partial charge in [0.1, 0.15) is 11.3 Å². The molecule has 4 nitrogen and oxygen atoms in total. The Morgan fingerprint density at radius 3 is 2.82 bits per heavy atom. The Kier molecular flexibility index (Phi) is 2.90. The van der Waals surface area contributed by atoms with Crippen molar-refractivity contribution in [2.45, 2.75) is 19.4 Å². The van der Waals surface area contributed by atoms with Gasteiger partial charge in [-0.2, -0.15) is 5.10 Å². The fraction of sp³-hybridized carbons (Fsp3) is 0.308. The summed E-state index contributed by atoms with van der Waals surface area (Å²) >= 11 is 0. The molecule has 0 saturated carbocycles. The van der Waals surface area contributed by atoms with E-state index in [-0.39, 0.29) is 0 Å². The van der Waals surface area contributed by atoms with E-state index < -0.39 is 5.60 Å². The van der Waals surface area contributed by atoms with Crippen LogP contribution in [0.5, 0.6) is 0 Å². The first-order chi connectivity index (χ1) is 8.04. The third kappa shape index (κ3) is 2.17. The molecular formula is C13H16N2O2. The number of fused-ring (bicyclic) bond motifs is 1. The number of aromatic nitrogens is 2. The van der Waals surface area contributed by atoms with Crippen LogP contribution in [0.4, 0.5) is 0 Å². The summed E-state index contributed by atoms with van der Waals surface area (Å²) in [4.78, 5) is 0. The summed E-state index contributed by atoms with van der Waals surface area (Å²) < 4.78 is 6.69. The van der Waals surface area contributed by atoms with E-state index in [1.165, 1.54) is 0 Å². The minimum Gasteiger partial charge on any atom is -0.504 e. The Balaban J connectivity index is 2.69. The predicted molar refractivity (Wildman–Crippen MR) is 66.5 cm³/mol. The van der Waals surface area contributed by atoms with E-state index in [0.717, 1.165) is 11.1 Å². The molecule has 0 aromatic carbocycles. The molecule has 0 saturated heterocycles.